The van der Waals surface area contributed by atoms with Crippen molar-refractivity contribution in [3.8, 4) is 17.1 Å². The first kappa shape index (κ1) is 11.6. The molecule has 2 rings (SSSR count). The molecule has 0 fully saturated rings. The van der Waals surface area contributed by atoms with Crippen LogP contribution in [0.4, 0.5) is 0 Å². The van der Waals surface area contributed by atoms with Gasteiger partial charge in [0.1, 0.15) is 0 Å². The Balaban J connectivity index is 2.66. The van der Waals surface area contributed by atoms with Gasteiger partial charge in [0, 0.05) is 18.0 Å². The number of rotatable bonds is 3. The molecule has 2 aromatic heterocycles. The maximum absolute atomic E-state index is 11.5. The Morgan fingerprint density at radius 1 is 1.24 bits per heavy atom. The first-order valence-corrected chi connectivity index (χ1v) is 5.36. The molecule has 0 N–H and O–H groups in total. The molecule has 0 aliphatic heterocycles. The molecular formula is C12H10N2O2S. The van der Waals surface area contributed by atoms with Crippen molar-refractivity contribution < 1.29 is 9.53 Å². The summed E-state index contributed by atoms with van der Waals surface area (Å²) >= 11 is 3.84. The lowest BCUT2D eigenvalue weighted by Crippen LogP contribution is -2.01. The second-order valence-electron chi connectivity index (χ2n) is 3.26. The van der Waals surface area contributed by atoms with Gasteiger partial charge in [-0.15, -0.1) is 12.6 Å². The van der Waals surface area contributed by atoms with Gasteiger partial charge in [-0.1, -0.05) is 6.07 Å². The highest BCUT2D eigenvalue weighted by atomic mass is 32.1. The van der Waals surface area contributed by atoms with E-state index in [1.165, 1.54) is 7.11 Å². The van der Waals surface area contributed by atoms with Gasteiger partial charge in [0.15, 0.2) is 0 Å². The van der Waals surface area contributed by atoms with Crippen molar-refractivity contribution in [3.63, 3.8) is 0 Å². The first-order valence-electron chi connectivity index (χ1n) is 4.91. The molecule has 0 radical (unpaired) electrons. The average Bonchev–Trinajstić information content (AvgIpc) is 2.38. The van der Waals surface area contributed by atoms with Crippen LogP contribution in [0.3, 0.4) is 0 Å². The van der Waals surface area contributed by atoms with E-state index in [2.05, 4.69) is 22.6 Å². The summed E-state index contributed by atoms with van der Waals surface area (Å²) in [6, 6.07) is 7.19. The monoisotopic (exact) mass is 246 g/mol. The molecule has 4 nitrogen and oxygen atoms in total. The summed E-state index contributed by atoms with van der Waals surface area (Å²) < 4.78 is 5.06. The predicted octanol–water partition coefficient (Wildman–Crippen LogP) is 2.22. The number of aromatic nitrogens is 2. The summed E-state index contributed by atoms with van der Waals surface area (Å²) in [5, 5.41) is -0.393. The van der Waals surface area contributed by atoms with E-state index in [0.29, 0.717) is 16.8 Å². The number of thiol groups is 1. The highest BCUT2D eigenvalue weighted by molar-refractivity contribution is 7.97. The highest BCUT2D eigenvalue weighted by Gasteiger charge is 2.17. The molecule has 0 aliphatic rings. The van der Waals surface area contributed by atoms with Gasteiger partial charge in [-0.05, 0) is 18.2 Å². The van der Waals surface area contributed by atoms with E-state index in [0.717, 1.165) is 0 Å². The van der Waals surface area contributed by atoms with Crippen LogP contribution in [0.1, 0.15) is 10.4 Å². The fourth-order valence-corrected chi connectivity index (χ4v) is 1.76. The largest absolute Gasteiger partial charge is 0.480 e. The fourth-order valence-electron chi connectivity index (χ4n) is 1.54. The summed E-state index contributed by atoms with van der Waals surface area (Å²) in [5.41, 5.74) is 1.68. The van der Waals surface area contributed by atoms with Gasteiger partial charge in [0.2, 0.25) is 11.0 Å². The topological polar surface area (TPSA) is 52.1 Å². The first-order chi connectivity index (χ1) is 8.24. The van der Waals surface area contributed by atoms with Crippen LogP contribution in [0.5, 0.6) is 5.88 Å². The maximum atomic E-state index is 11.5. The van der Waals surface area contributed by atoms with Crippen molar-refractivity contribution in [2.75, 3.05) is 7.11 Å². The Morgan fingerprint density at radius 2 is 2.06 bits per heavy atom. The zero-order valence-corrected chi connectivity index (χ0v) is 10.0. The number of hydrogen-bond acceptors (Lipinski definition) is 4. The molecule has 0 unspecified atom stereocenters. The van der Waals surface area contributed by atoms with Crippen LogP contribution in [0.25, 0.3) is 11.3 Å². The molecule has 2 aromatic rings. The van der Waals surface area contributed by atoms with E-state index in [-0.39, 0.29) is 5.88 Å². The van der Waals surface area contributed by atoms with Crippen LogP contribution in [-0.2, 0) is 0 Å². The molecule has 5 heteroatoms. The summed E-state index contributed by atoms with van der Waals surface area (Å²) in [6.07, 6.45) is 3.23. The van der Waals surface area contributed by atoms with E-state index < -0.39 is 5.12 Å². The van der Waals surface area contributed by atoms with Crippen LogP contribution in [0, 0.1) is 0 Å². The minimum atomic E-state index is -0.393. The Morgan fingerprint density at radius 3 is 2.65 bits per heavy atom. The van der Waals surface area contributed by atoms with Crippen molar-refractivity contribution in [2.24, 2.45) is 0 Å². The summed E-state index contributed by atoms with van der Waals surface area (Å²) in [6.45, 7) is 0. The van der Waals surface area contributed by atoms with Gasteiger partial charge < -0.3 is 4.74 Å². The van der Waals surface area contributed by atoms with Crippen LogP contribution in [0.15, 0.2) is 36.7 Å². The van der Waals surface area contributed by atoms with Gasteiger partial charge in [0.25, 0.3) is 0 Å². The van der Waals surface area contributed by atoms with Gasteiger partial charge >= 0.3 is 0 Å². The fraction of sp³-hybridized carbons (Fsp3) is 0.0833. The van der Waals surface area contributed by atoms with Crippen LogP contribution in [-0.4, -0.2) is 22.2 Å². The number of nitrogens with zero attached hydrogens (tertiary/aromatic N) is 2. The lowest BCUT2D eigenvalue weighted by molar-refractivity contribution is 0.108. The number of ether oxygens (including phenoxy) is 1. The van der Waals surface area contributed by atoms with Gasteiger partial charge in [-0.3, -0.25) is 9.78 Å². The molecular weight excluding hydrogens is 236 g/mol. The molecule has 0 spiro atoms. The van der Waals surface area contributed by atoms with E-state index >= 15 is 0 Å². The summed E-state index contributed by atoms with van der Waals surface area (Å²) in [7, 11) is 1.46. The number of pyridine rings is 2. The Hall–Kier alpha value is -1.88. The van der Waals surface area contributed by atoms with E-state index in [9.17, 15) is 4.79 Å². The second kappa shape index (κ2) is 4.97. The number of carbonyl (C=O) groups is 1. The molecule has 0 aliphatic carbocycles. The molecule has 2 heterocycles. The Bertz CT molecular complexity index is 543. The van der Waals surface area contributed by atoms with Gasteiger partial charge in [0.05, 0.1) is 18.4 Å². The third-order valence-corrected chi connectivity index (χ3v) is 2.49. The third kappa shape index (κ3) is 2.29. The normalized spacial score (nSPS) is 10.0. The molecule has 0 aromatic carbocycles. The highest BCUT2D eigenvalue weighted by Crippen LogP contribution is 2.28. The average molecular weight is 246 g/mol. The van der Waals surface area contributed by atoms with Crippen molar-refractivity contribution in [3.05, 3.63) is 42.2 Å². The summed E-state index contributed by atoms with van der Waals surface area (Å²) in [4.78, 5) is 19.7. The minimum absolute atomic E-state index is 0.258. The lowest BCUT2D eigenvalue weighted by Gasteiger charge is -2.09. The number of carbonyl (C=O) groups excluding carboxylic acids is 1. The number of methoxy groups -OCH3 is 1. The second-order valence-corrected chi connectivity index (χ2v) is 3.67. The van der Waals surface area contributed by atoms with E-state index in [1.54, 1.807) is 18.5 Å². The van der Waals surface area contributed by atoms with Crippen molar-refractivity contribution in [2.45, 2.75) is 0 Å². The lowest BCUT2D eigenvalue weighted by atomic mass is 10.1. The zero-order valence-electron chi connectivity index (χ0n) is 9.12. The smallest absolute Gasteiger partial charge is 0.225 e. The Kier molecular flexibility index (Phi) is 3.39. The molecule has 0 bridgehead atoms. The molecule has 0 saturated carbocycles. The van der Waals surface area contributed by atoms with E-state index in [4.69, 9.17) is 4.74 Å². The zero-order chi connectivity index (χ0) is 12.3. The van der Waals surface area contributed by atoms with E-state index in [1.807, 2.05) is 18.2 Å². The third-order valence-electron chi connectivity index (χ3n) is 2.26. The van der Waals surface area contributed by atoms with Crippen LogP contribution >= 0.6 is 12.6 Å². The molecule has 0 saturated heterocycles. The van der Waals surface area contributed by atoms with Crippen molar-refractivity contribution >= 4 is 17.7 Å². The van der Waals surface area contributed by atoms with Crippen molar-refractivity contribution in [1.82, 2.24) is 9.97 Å². The summed E-state index contributed by atoms with van der Waals surface area (Å²) in [5.74, 6) is 0.258. The van der Waals surface area contributed by atoms with Gasteiger partial charge in [-0.25, -0.2) is 4.98 Å². The maximum Gasteiger partial charge on any atom is 0.225 e. The standard InChI is InChI=1S/C12H10N2O2S/c1-16-11-10(12(15)17)8(5-7-14-11)9-4-2-3-6-13-9/h2-7H,1H3,(H,15,17). The molecule has 86 valence electrons. The van der Waals surface area contributed by atoms with Gasteiger partial charge in [-0.2, -0.15) is 0 Å². The molecule has 0 atom stereocenters. The Labute approximate surface area is 104 Å². The quantitative estimate of drug-likeness (QED) is 0.844. The van der Waals surface area contributed by atoms with Crippen LogP contribution in [0.2, 0.25) is 0 Å². The van der Waals surface area contributed by atoms with Crippen LogP contribution < -0.4 is 4.74 Å². The SMILES string of the molecule is COc1nccc(-c2ccccn2)c1C(=O)S. The molecule has 17 heavy (non-hydrogen) atoms. The van der Waals surface area contributed by atoms with Crippen molar-refractivity contribution in [1.29, 1.82) is 0 Å². The predicted molar refractivity (Wildman–Crippen MR) is 67.3 cm³/mol. The number of hydrogen-bond donors (Lipinski definition) is 1. The minimum Gasteiger partial charge on any atom is -0.480 e. The molecule has 0 amide bonds.